The van der Waals surface area contributed by atoms with Crippen LogP contribution >= 0.6 is 0 Å². The number of hydrogen-bond acceptors (Lipinski definition) is 2. The molecule has 0 spiro atoms. The van der Waals surface area contributed by atoms with Gasteiger partial charge >= 0.3 is 5.97 Å². The monoisotopic (exact) mass is 288 g/mol. The van der Waals surface area contributed by atoms with E-state index < -0.39 is 0 Å². The number of esters is 1. The Morgan fingerprint density at radius 3 is 2.38 bits per heavy atom. The summed E-state index contributed by atoms with van der Waals surface area (Å²) in [6.07, 6.45) is 1.07. The van der Waals surface area contributed by atoms with Gasteiger partial charge in [-0.3, -0.25) is 4.79 Å². The fourth-order valence-corrected chi connectivity index (χ4v) is 4.05. The van der Waals surface area contributed by atoms with E-state index in [1.54, 1.807) is 0 Å². The van der Waals surface area contributed by atoms with E-state index >= 15 is 0 Å². The molecular weight excluding hydrogens is 260 g/mol. The van der Waals surface area contributed by atoms with Crippen LogP contribution in [0.25, 0.3) is 0 Å². The zero-order valence-corrected chi connectivity index (χ0v) is 13.9. The number of ether oxygens (including phenoxy) is 1. The molecule has 2 heteroatoms. The Labute approximate surface area is 128 Å². The highest BCUT2D eigenvalue weighted by molar-refractivity contribution is 5.74. The predicted molar refractivity (Wildman–Crippen MR) is 86.0 cm³/mol. The lowest BCUT2D eigenvalue weighted by molar-refractivity contribution is -0.150. The zero-order chi connectivity index (χ0) is 15.6. The molecule has 1 aliphatic rings. The molecule has 1 aromatic rings. The van der Waals surface area contributed by atoms with Crippen molar-refractivity contribution >= 4 is 5.97 Å². The van der Waals surface area contributed by atoms with E-state index in [1.165, 1.54) is 5.56 Å². The Morgan fingerprint density at radius 2 is 1.86 bits per heavy atom. The van der Waals surface area contributed by atoms with Gasteiger partial charge in [-0.15, -0.1) is 0 Å². The number of carbonyl (C=O) groups excluding carboxylic acids is 1. The molecule has 1 aromatic carbocycles. The first-order valence-corrected chi connectivity index (χ1v) is 8.07. The highest BCUT2D eigenvalue weighted by Crippen LogP contribution is 2.53. The number of carbonyl (C=O) groups is 1. The summed E-state index contributed by atoms with van der Waals surface area (Å²) in [4.78, 5) is 12.5. The lowest BCUT2D eigenvalue weighted by atomic mass is 9.74. The minimum absolute atomic E-state index is 0.0171. The van der Waals surface area contributed by atoms with Crippen molar-refractivity contribution in [2.24, 2.45) is 23.2 Å². The van der Waals surface area contributed by atoms with Crippen LogP contribution in [0.1, 0.15) is 52.5 Å². The van der Waals surface area contributed by atoms with Gasteiger partial charge in [-0.1, -0.05) is 58.0 Å². The maximum atomic E-state index is 12.5. The topological polar surface area (TPSA) is 26.3 Å². The minimum atomic E-state index is -0.0226. The summed E-state index contributed by atoms with van der Waals surface area (Å²) in [6, 6.07) is 10.4. The molecule has 2 rings (SSSR count). The van der Waals surface area contributed by atoms with Gasteiger partial charge in [0.2, 0.25) is 0 Å². The largest absolute Gasteiger partial charge is 0.466 e. The first-order valence-electron chi connectivity index (χ1n) is 8.07. The molecule has 2 nitrogen and oxygen atoms in total. The van der Waals surface area contributed by atoms with E-state index in [-0.39, 0.29) is 23.2 Å². The quantitative estimate of drug-likeness (QED) is 0.757. The molecule has 0 bridgehead atoms. The molecule has 0 saturated heterocycles. The Kier molecular flexibility index (Phi) is 4.75. The Bertz CT molecular complexity index is 472. The van der Waals surface area contributed by atoms with Crippen LogP contribution in [0.5, 0.6) is 0 Å². The van der Waals surface area contributed by atoms with Crippen LogP contribution in [-0.2, 0) is 9.53 Å². The van der Waals surface area contributed by atoms with E-state index in [4.69, 9.17) is 4.74 Å². The van der Waals surface area contributed by atoms with Crippen LogP contribution in [0.15, 0.2) is 30.3 Å². The van der Waals surface area contributed by atoms with Crippen LogP contribution in [-0.4, -0.2) is 12.6 Å². The van der Waals surface area contributed by atoms with Crippen LogP contribution in [0.3, 0.4) is 0 Å². The standard InChI is InChI=1S/C19H28O2/c1-6-21-18(20)17-13(2)16(19(3,4)5)12-15(17)14-10-8-7-9-11-14/h7-11,13,15-17H,6,12H2,1-5H3. The lowest BCUT2D eigenvalue weighted by Crippen LogP contribution is -2.29. The van der Waals surface area contributed by atoms with E-state index in [0.29, 0.717) is 18.4 Å². The van der Waals surface area contributed by atoms with Gasteiger partial charge in [-0.25, -0.2) is 0 Å². The van der Waals surface area contributed by atoms with Gasteiger partial charge in [-0.05, 0) is 42.1 Å². The van der Waals surface area contributed by atoms with Crippen LogP contribution < -0.4 is 0 Å². The average Bonchev–Trinajstić information content (AvgIpc) is 2.77. The molecule has 4 unspecified atom stereocenters. The second kappa shape index (κ2) is 6.21. The first kappa shape index (κ1) is 16.1. The van der Waals surface area contributed by atoms with Gasteiger partial charge in [0.05, 0.1) is 12.5 Å². The summed E-state index contributed by atoms with van der Waals surface area (Å²) < 4.78 is 5.37. The molecule has 1 fully saturated rings. The van der Waals surface area contributed by atoms with Crippen molar-refractivity contribution in [2.45, 2.75) is 47.0 Å². The third kappa shape index (κ3) is 3.30. The number of benzene rings is 1. The molecule has 1 aliphatic carbocycles. The summed E-state index contributed by atoms with van der Waals surface area (Å²) in [7, 11) is 0. The summed E-state index contributed by atoms with van der Waals surface area (Å²) in [5, 5.41) is 0. The van der Waals surface area contributed by atoms with Gasteiger partial charge in [0.25, 0.3) is 0 Å². The smallest absolute Gasteiger partial charge is 0.309 e. The molecule has 21 heavy (non-hydrogen) atoms. The molecule has 0 radical (unpaired) electrons. The van der Waals surface area contributed by atoms with Gasteiger partial charge in [0.15, 0.2) is 0 Å². The summed E-state index contributed by atoms with van der Waals surface area (Å²) in [6.45, 7) is 11.4. The zero-order valence-electron chi connectivity index (χ0n) is 13.9. The van der Waals surface area contributed by atoms with Crippen molar-refractivity contribution in [3.05, 3.63) is 35.9 Å². The number of hydrogen-bond donors (Lipinski definition) is 0. The molecule has 116 valence electrons. The number of rotatable bonds is 3. The lowest BCUT2D eigenvalue weighted by Gasteiger charge is -2.31. The normalized spacial score (nSPS) is 29.4. The van der Waals surface area contributed by atoms with Gasteiger partial charge in [0, 0.05) is 0 Å². The third-order valence-electron chi connectivity index (χ3n) is 5.04. The highest BCUT2D eigenvalue weighted by Gasteiger charge is 2.49. The van der Waals surface area contributed by atoms with Gasteiger partial charge < -0.3 is 4.74 Å². The molecule has 4 atom stereocenters. The third-order valence-corrected chi connectivity index (χ3v) is 5.04. The van der Waals surface area contributed by atoms with Crippen LogP contribution in [0.4, 0.5) is 0 Å². The second-order valence-electron chi connectivity index (χ2n) is 7.36. The van der Waals surface area contributed by atoms with Crippen molar-refractivity contribution in [3.63, 3.8) is 0 Å². The highest BCUT2D eigenvalue weighted by atomic mass is 16.5. The predicted octanol–water partition coefficient (Wildman–Crippen LogP) is 4.65. The second-order valence-corrected chi connectivity index (χ2v) is 7.36. The van der Waals surface area contributed by atoms with Crippen molar-refractivity contribution < 1.29 is 9.53 Å². The van der Waals surface area contributed by atoms with Crippen molar-refractivity contribution in [1.29, 1.82) is 0 Å². The van der Waals surface area contributed by atoms with E-state index in [0.717, 1.165) is 6.42 Å². The SMILES string of the molecule is CCOC(=O)C1C(c2ccccc2)CC(C(C)(C)C)C1C. The van der Waals surface area contributed by atoms with Crippen LogP contribution in [0, 0.1) is 23.2 Å². The molecule has 1 saturated carbocycles. The maximum absolute atomic E-state index is 12.5. The van der Waals surface area contributed by atoms with E-state index in [2.05, 4.69) is 52.0 Å². The maximum Gasteiger partial charge on any atom is 0.309 e. The molecule has 0 heterocycles. The Balaban J connectivity index is 2.34. The fourth-order valence-electron chi connectivity index (χ4n) is 4.05. The summed E-state index contributed by atoms with van der Waals surface area (Å²) >= 11 is 0. The van der Waals surface area contributed by atoms with Crippen molar-refractivity contribution in [2.75, 3.05) is 6.61 Å². The molecule has 0 aromatic heterocycles. The molecular formula is C19H28O2. The van der Waals surface area contributed by atoms with Crippen molar-refractivity contribution in [1.82, 2.24) is 0 Å². The van der Waals surface area contributed by atoms with E-state index in [1.807, 2.05) is 13.0 Å². The Hall–Kier alpha value is -1.31. The van der Waals surface area contributed by atoms with Crippen molar-refractivity contribution in [3.8, 4) is 0 Å². The summed E-state index contributed by atoms with van der Waals surface area (Å²) in [5.74, 6) is 1.14. The molecule has 0 N–H and O–H groups in total. The van der Waals surface area contributed by atoms with E-state index in [9.17, 15) is 4.79 Å². The van der Waals surface area contributed by atoms with Gasteiger partial charge in [0.1, 0.15) is 0 Å². The van der Waals surface area contributed by atoms with Crippen LogP contribution in [0.2, 0.25) is 0 Å². The average molecular weight is 288 g/mol. The molecule has 0 amide bonds. The summed E-state index contributed by atoms with van der Waals surface area (Å²) in [5.41, 5.74) is 1.49. The Morgan fingerprint density at radius 1 is 1.24 bits per heavy atom. The fraction of sp³-hybridized carbons (Fsp3) is 0.632. The minimum Gasteiger partial charge on any atom is -0.466 e. The molecule has 0 aliphatic heterocycles. The first-order chi connectivity index (χ1) is 9.86. The van der Waals surface area contributed by atoms with Gasteiger partial charge in [-0.2, -0.15) is 0 Å².